The SMILES string of the molecule is O=C(O)C1(C(=O)O)CCN(CCc2ccc(OCc3cc(-c4ccccc4)c(C(F)(F)F)s3)cc2)CC1. The zero-order chi connectivity index (χ0) is 26.6. The second-order valence-corrected chi connectivity index (χ2v) is 10.2. The number of carbonyl (C=O) groups is 2. The van der Waals surface area contributed by atoms with Crippen LogP contribution in [0, 0.1) is 5.41 Å². The van der Waals surface area contributed by atoms with Crippen molar-refractivity contribution in [2.24, 2.45) is 5.41 Å². The number of thiophene rings is 1. The number of hydrogen-bond donors (Lipinski definition) is 2. The minimum absolute atomic E-state index is 0.0165. The standard InChI is InChI=1S/C27H26F3NO5S/c28-27(29,30)23-22(19-4-2-1-3-5-19)16-21(37-23)17-36-20-8-6-18(7-9-20)10-13-31-14-11-26(12-15-31,24(32)33)25(34)35/h1-9,16H,10-15,17H2,(H,32,33)(H,34,35). The van der Waals surface area contributed by atoms with Gasteiger partial charge < -0.3 is 19.8 Å². The summed E-state index contributed by atoms with van der Waals surface area (Å²) in [6.07, 6.45) is -3.63. The van der Waals surface area contributed by atoms with E-state index in [4.69, 9.17) is 4.74 Å². The lowest BCUT2D eigenvalue weighted by molar-refractivity contribution is -0.168. The van der Waals surface area contributed by atoms with Gasteiger partial charge in [-0.15, -0.1) is 11.3 Å². The number of piperidine rings is 1. The van der Waals surface area contributed by atoms with Crippen LogP contribution in [-0.4, -0.2) is 46.7 Å². The number of alkyl halides is 3. The van der Waals surface area contributed by atoms with E-state index < -0.39 is 28.4 Å². The summed E-state index contributed by atoms with van der Waals surface area (Å²) in [5.41, 5.74) is -0.0379. The normalized spacial score (nSPS) is 15.9. The fourth-order valence-electron chi connectivity index (χ4n) is 4.43. The molecule has 1 aliphatic rings. The first-order valence-electron chi connectivity index (χ1n) is 11.7. The number of nitrogens with zero attached hydrogens (tertiary/aromatic N) is 1. The number of halogens is 3. The zero-order valence-corrected chi connectivity index (χ0v) is 20.6. The quantitative estimate of drug-likeness (QED) is 0.338. The fraction of sp³-hybridized carbons (Fsp3) is 0.333. The summed E-state index contributed by atoms with van der Waals surface area (Å²) >= 11 is 0.682. The highest BCUT2D eigenvalue weighted by Gasteiger charge is 2.48. The highest BCUT2D eigenvalue weighted by Crippen LogP contribution is 2.43. The molecule has 0 aliphatic carbocycles. The van der Waals surface area contributed by atoms with Gasteiger partial charge in [0.1, 0.15) is 17.2 Å². The minimum Gasteiger partial charge on any atom is -0.488 e. The van der Waals surface area contributed by atoms with E-state index in [0.29, 0.717) is 53.6 Å². The van der Waals surface area contributed by atoms with Crippen LogP contribution in [0.4, 0.5) is 13.2 Å². The Balaban J connectivity index is 1.32. The van der Waals surface area contributed by atoms with Crippen molar-refractivity contribution < 1.29 is 37.7 Å². The maximum absolute atomic E-state index is 13.6. The molecule has 1 aromatic heterocycles. The summed E-state index contributed by atoms with van der Waals surface area (Å²) in [4.78, 5) is 24.8. The molecule has 0 unspecified atom stereocenters. The van der Waals surface area contributed by atoms with Crippen molar-refractivity contribution in [2.45, 2.75) is 32.0 Å². The number of likely N-dealkylation sites (tertiary alicyclic amines) is 1. The van der Waals surface area contributed by atoms with Crippen molar-refractivity contribution in [1.29, 1.82) is 0 Å². The predicted molar refractivity (Wildman–Crippen MR) is 133 cm³/mol. The van der Waals surface area contributed by atoms with Crippen molar-refractivity contribution in [3.63, 3.8) is 0 Å². The van der Waals surface area contributed by atoms with E-state index in [1.54, 1.807) is 42.5 Å². The summed E-state index contributed by atoms with van der Waals surface area (Å²) in [6.45, 7) is 1.47. The molecule has 2 heterocycles. The van der Waals surface area contributed by atoms with Crippen LogP contribution in [0.25, 0.3) is 11.1 Å². The summed E-state index contributed by atoms with van der Waals surface area (Å²) in [6, 6.07) is 17.3. The molecule has 0 spiro atoms. The number of carboxylic acids is 2. The van der Waals surface area contributed by atoms with Crippen molar-refractivity contribution >= 4 is 23.3 Å². The van der Waals surface area contributed by atoms with Gasteiger partial charge in [0.15, 0.2) is 5.41 Å². The first kappa shape index (κ1) is 26.7. The number of ether oxygens (including phenoxy) is 1. The van der Waals surface area contributed by atoms with E-state index in [0.717, 1.165) is 5.56 Å². The summed E-state index contributed by atoms with van der Waals surface area (Å²) in [7, 11) is 0. The molecule has 1 fully saturated rings. The van der Waals surface area contributed by atoms with Gasteiger partial charge in [0.05, 0.1) is 0 Å². The van der Waals surface area contributed by atoms with Gasteiger partial charge in [-0.2, -0.15) is 13.2 Å². The van der Waals surface area contributed by atoms with Gasteiger partial charge in [-0.25, -0.2) is 0 Å². The first-order chi connectivity index (χ1) is 17.6. The monoisotopic (exact) mass is 533 g/mol. The molecule has 0 radical (unpaired) electrons. The molecule has 3 aromatic rings. The Bertz CT molecular complexity index is 1220. The van der Waals surface area contributed by atoms with Crippen LogP contribution in [0.3, 0.4) is 0 Å². The lowest BCUT2D eigenvalue weighted by Crippen LogP contribution is -2.49. The van der Waals surface area contributed by atoms with Crippen molar-refractivity contribution in [2.75, 3.05) is 19.6 Å². The maximum atomic E-state index is 13.6. The van der Waals surface area contributed by atoms with Gasteiger partial charge >= 0.3 is 18.1 Å². The molecule has 0 bridgehead atoms. The largest absolute Gasteiger partial charge is 0.488 e. The first-order valence-corrected chi connectivity index (χ1v) is 12.6. The van der Waals surface area contributed by atoms with Gasteiger partial charge in [0.2, 0.25) is 0 Å². The van der Waals surface area contributed by atoms with Gasteiger partial charge in [-0.3, -0.25) is 9.59 Å². The molecule has 2 aromatic carbocycles. The molecule has 0 saturated carbocycles. The molecular formula is C27H26F3NO5S. The van der Waals surface area contributed by atoms with Crippen LogP contribution in [0.15, 0.2) is 60.7 Å². The van der Waals surface area contributed by atoms with E-state index >= 15 is 0 Å². The molecule has 0 amide bonds. The molecule has 0 atom stereocenters. The zero-order valence-electron chi connectivity index (χ0n) is 19.8. The Kier molecular flexibility index (Phi) is 7.89. The molecule has 37 heavy (non-hydrogen) atoms. The van der Waals surface area contributed by atoms with Gasteiger partial charge in [-0.1, -0.05) is 42.5 Å². The average Bonchev–Trinajstić information content (AvgIpc) is 3.33. The van der Waals surface area contributed by atoms with Crippen LogP contribution in [0.5, 0.6) is 5.75 Å². The number of hydrogen-bond acceptors (Lipinski definition) is 5. The highest BCUT2D eigenvalue weighted by molar-refractivity contribution is 7.12. The second kappa shape index (κ2) is 10.9. The van der Waals surface area contributed by atoms with Crippen LogP contribution in [-0.2, 0) is 28.8 Å². The third-order valence-corrected chi connectivity index (χ3v) is 7.83. The maximum Gasteiger partial charge on any atom is 0.426 e. The Morgan fingerprint density at radius 1 is 0.973 bits per heavy atom. The summed E-state index contributed by atoms with van der Waals surface area (Å²) in [5.74, 6) is -2.04. The topological polar surface area (TPSA) is 87.1 Å². The van der Waals surface area contributed by atoms with Gasteiger partial charge in [0.25, 0.3) is 0 Å². The van der Waals surface area contributed by atoms with Crippen LogP contribution >= 0.6 is 11.3 Å². The molecular weight excluding hydrogens is 507 g/mol. The Morgan fingerprint density at radius 3 is 2.16 bits per heavy atom. The average molecular weight is 534 g/mol. The minimum atomic E-state index is -4.45. The van der Waals surface area contributed by atoms with E-state index in [9.17, 15) is 33.0 Å². The lowest BCUT2D eigenvalue weighted by atomic mass is 9.78. The van der Waals surface area contributed by atoms with Crippen molar-refractivity contribution in [1.82, 2.24) is 4.90 Å². The highest BCUT2D eigenvalue weighted by atomic mass is 32.1. The second-order valence-electron chi connectivity index (χ2n) is 9.04. The number of aliphatic carboxylic acids is 2. The van der Waals surface area contributed by atoms with Gasteiger partial charge in [-0.05, 0) is 61.7 Å². The van der Waals surface area contributed by atoms with Crippen LogP contribution in [0.1, 0.15) is 28.2 Å². The number of rotatable bonds is 9. The predicted octanol–water partition coefficient (Wildman–Crippen LogP) is 5.81. The fourth-order valence-corrected chi connectivity index (χ4v) is 5.39. The smallest absolute Gasteiger partial charge is 0.426 e. The van der Waals surface area contributed by atoms with E-state index in [-0.39, 0.29) is 25.0 Å². The molecule has 6 nitrogen and oxygen atoms in total. The lowest BCUT2D eigenvalue weighted by Gasteiger charge is -2.35. The van der Waals surface area contributed by atoms with Crippen LogP contribution < -0.4 is 4.74 Å². The van der Waals surface area contributed by atoms with Crippen LogP contribution in [0.2, 0.25) is 0 Å². The molecule has 196 valence electrons. The summed E-state index contributed by atoms with van der Waals surface area (Å²) < 4.78 is 46.5. The Hall–Kier alpha value is -3.37. The molecule has 2 N–H and O–H groups in total. The Labute approximate surface area is 215 Å². The third kappa shape index (κ3) is 6.14. The van der Waals surface area contributed by atoms with E-state index in [1.807, 2.05) is 17.0 Å². The van der Waals surface area contributed by atoms with Gasteiger partial charge in [0, 0.05) is 17.0 Å². The molecule has 1 saturated heterocycles. The molecule has 1 aliphatic heterocycles. The Morgan fingerprint density at radius 2 is 1.59 bits per heavy atom. The molecule has 4 rings (SSSR count). The number of benzene rings is 2. The third-order valence-electron chi connectivity index (χ3n) is 6.67. The summed E-state index contributed by atoms with van der Waals surface area (Å²) in [5, 5.41) is 18.7. The van der Waals surface area contributed by atoms with E-state index in [2.05, 4.69) is 0 Å². The molecule has 10 heteroatoms. The van der Waals surface area contributed by atoms with Crippen molar-refractivity contribution in [3.8, 4) is 16.9 Å². The number of carboxylic acid groups (broad SMARTS) is 2. The van der Waals surface area contributed by atoms with E-state index in [1.165, 1.54) is 6.07 Å². The van der Waals surface area contributed by atoms with Crippen molar-refractivity contribution in [3.05, 3.63) is 76.0 Å².